The minimum atomic E-state index is -0.695. The van der Waals surface area contributed by atoms with Crippen molar-refractivity contribution in [1.29, 1.82) is 0 Å². The molecule has 0 aromatic carbocycles. The number of piperidine rings is 1. The van der Waals surface area contributed by atoms with Crippen LogP contribution in [-0.2, 0) is 9.59 Å². The van der Waals surface area contributed by atoms with Gasteiger partial charge in [-0.25, -0.2) is 0 Å². The van der Waals surface area contributed by atoms with E-state index in [2.05, 4.69) is 18.7 Å². The van der Waals surface area contributed by atoms with E-state index in [0.29, 0.717) is 24.7 Å². The van der Waals surface area contributed by atoms with Crippen LogP contribution in [0.5, 0.6) is 0 Å². The Morgan fingerprint density at radius 1 is 1.10 bits per heavy atom. The second-order valence-electron chi connectivity index (χ2n) is 7.08. The van der Waals surface area contributed by atoms with Gasteiger partial charge in [-0.05, 0) is 52.4 Å². The van der Waals surface area contributed by atoms with Gasteiger partial charge in [-0.3, -0.25) is 14.5 Å². The number of carbonyl (C=O) groups is 2. The maximum Gasteiger partial charge on any atom is 0.308 e. The zero-order valence-corrected chi connectivity index (χ0v) is 13.0. The van der Waals surface area contributed by atoms with Crippen LogP contribution in [0.3, 0.4) is 0 Å². The SMILES string of the molecule is CC1CCCC(C)N1C(=O)CN1C2CCC1C(C(=O)O)C2. The summed E-state index contributed by atoms with van der Waals surface area (Å²) in [5, 5.41) is 9.30. The number of carbonyl (C=O) groups excluding carboxylic acids is 1. The molecule has 2 bridgehead atoms. The molecular weight excluding hydrogens is 268 g/mol. The van der Waals surface area contributed by atoms with Gasteiger partial charge in [0.15, 0.2) is 0 Å². The Morgan fingerprint density at radius 3 is 2.33 bits per heavy atom. The second kappa shape index (κ2) is 5.59. The van der Waals surface area contributed by atoms with Crippen molar-refractivity contribution in [1.82, 2.24) is 9.80 Å². The number of carboxylic acid groups (broad SMARTS) is 1. The number of likely N-dealkylation sites (tertiary alicyclic amines) is 1. The van der Waals surface area contributed by atoms with Crippen molar-refractivity contribution < 1.29 is 14.7 Å². The molecule has 118 valence electrons. The van der Waals surface area contributed by atoms with E-state index in [1.807, 2.05) is 4.90 Å². The number of fused-ring (bicyclic) bond motifs is 2. The zero-order chi connectivity index (χ0) is 15.1. The van der Waals surface area contributed by atoms with Gasteiger partial charge in [0, 0.05) is 24.2 Å². The minimum absolute atomic E-state index is 0.0758. The monoisotopic (exact) mass is 294 g/mol. The summed E-state index contributed by atoms with van der Waals surface area (Å²) in [5.74, 6) is -0.773. The zero-order valence-electron chi connectivity index (χ0n) is 13.0. The van der Waals surface area contributed by atoms with Crippen LogP contribution in [0.15, 0.2) is 0 Å². The first-order chi connectivity index (χ1) is 9.99. The minimum Gasteiger partial charge on any atom is -0.481 e. The standard InChI is InChI=1S/C16H26N2O3/c1-10-4-3-5-11(2)18(10)15(19)9-17-12-6-7-14(17)13(8-12)16(20)21/h10-14H,3-9H2,1-2H3,(H,20,21). The van der Waals surface area contributed by atoms with Crippen LogP contribution < -0.4 is 0 Å². The number of carboxylic acids is 1. The molecule has 3 rings (SSSR count). The van der Waals surface area contributed by atoms with Gasteiger partial charge >= 0.3 is 5.97 Å². The molecule has 3 saturated heterocycles. The van der Waals surface area contributed by atoms with Gasteiger partial charge in [-0.1, -0.05) is 0 Å². The van der Waals surface area contributed by atoms with Crippen LogP contribution in [0.1, 0.15) is 52.4 Å². The number of nitrogens with zero attached hydrogens (tertiary/aromatic N) is 2. The molecule has 3 aliphatic heterocycles. The Labute approximate surface area is 126 Å². The Kier molecular flexibility index (Phi) is 3.95. The first-order valence-electron chi connectivity index (χ1n) is 8.28. The molecule has 0 spiro atoms. The molecule has 21 heavy (non-hydrogen) atoms. The highest BCUT2D eigenvalue weighted by molar-refractivity contribution is 5.79. The summed E-state index contributed by atoms with van der Waals surface area (Å²) in [4.78, 5) is 28.2. The van der Waals surface area contributed by atoms with Crippen LogP contribution in [0, 0.1) is 5.92 Å². The van der Waals surface area contributed by atoms with Crippen molar-refractivity contribution in [2.24, 2.45) is 5.92 Å². The predicted molar refractivity (Wildman–Crippen MR) is 78.9 cm³/mol. The predicted octanol–water partition coefficient (Wildman–Crippen LogP) is 1.71. The lowest BCUT2D eigenvalue weighted by molar-refractivity contribution is -0.144. The third-order valence-corrected chi connectivity index (χ3v) is 5.80. The van der Waals surface area contributed by atoms with E-state index in [1.54, 1.807) is 0 Å². The molecule has 0 aromatic heterocycles. The first kappa shape index (κ1) is 14.8. The van der Waals surface area contributed by atoms with Crippen LogP contribution >= 0.6 is 0 Å². The lowest BCUT2D eigenvalue weighted by atomic mass is 9.89. The molecule has 5 nitrogen and oxygen atoms in total. The summed E-state index contributed by atoms with van der Waals surface area (Å²) < 4.78 is 0. The molecule has 0 aliphatic carbocycles. The molecule has 3 heterocycles. The molecule has 0 saturated carbocycles. The maximum atomic E-state index is 12.7. The summed E-state index contributed by atoms with van der Waals surface area (Å²) >= 11 is 0. The van der Waals surface area contributed by atoms with Crippen molar-refractivity contribution in [3.63, 3.8) is 0 Å². The van der Waals surface area contributed by atoms with Crippen LogP contribution in [0.4, 0.5) is 0 Å². The molecule has 3 aliphatic rings. The van der Waals surface area contributed by atoms with E-state index in [4.69, 9.17) is 0 Å². The number of hydrogen-bond acceptors (Lipinski definition) is 3. The number of hydrogen-bond donors (Lipinski definition) is 1. The van der Waals surface area contributed by atoms with E-state index in [1.165, 1.54) is 6.42 Å². The second-order valence-corrected chi connectivity index (χ2v) is 7.08. The number of rotatable bonds is 3. The number of aliphatic carboxylic acids is 1. The van der Waals surface area contributed by atoms with E-state index < -0.39 is 5.97 Å². The smallest absolute Gasteiger partial charge is 0.308 e. The largest absolute Gasteiger partial charge is 0.481 e. The molecule has 5 atom stereocenters. The van der Waals surface area contributed by atoms with Crippen LogP contribution in [0.2, 0.25) is 0 Å². The Bertz CT molecular complexity index is 429. The number of amides is 1. The molecular formula is C16H26N2O3. The van der Waals surface area contributed by atoms with Gasteiger partial charge < -0.3 is 10.0 Å². The van der Waals surface area contributed by atoms with Gasteiger partial charge in [0.2, 0.25) is 5.91 Å². The summed E-state index contributed by atoms with van der Waals surface area (Å²) in [6.45, 7) is 4.67. The summed E-state index contributed by atoms with van der Waals surface area (Å²) in [7, 11) is 0. The average Bonchev–Trinajstić information content (AvgIpc) is 2.95. The van der Waals surface area contributed by atoms with Crippen LogP contribution in [-0.4, -0.2) is 57.5 Å². The molecule has 0 aromatic rings. The molecule has 5 heteroatoms. The van der Waals surface area contributed by atoms with Crippen molar-refractivity contribution in [3.05, 3.63) is 0 Å². The maximum absolute atomic E-state index is 12.7. The fourth-order valence-electron chi connectivity index (χ4n) is 4.76. The highest BCUT2D eigenvalue weighted by Gasteiger charge is 2.50. The van der Waals surface area contributed by atoms with E-state index in [9.17, 15) is 14.7 Å². The third-order valence-electron chi connectivity index (χ3n) is 5.80. The summed E-state index contributed by atoms with van der Waals surface area (Å²) in [6, 6.07) is 1.01. The van der Waals surface area contributed by atoms with E-state index in [-0.39, 0.29) is 17.9 Å². The van der Waals surface area contributed by atoms with Crippen molar-refractivity contribution in [2.45, 2.75) is 76.5 Å². The summed E-state index contributed by atoms with van der Waals surface area (Å²) in [5.41, 5.74) is 0. The normalized spacial score (nSPS) is 39.7. The molecule has 5 unspecified atom stereocenters. The summed E-state index contributed by atoms with van der Waals surface area (Å²) in [6.07, 6.45) is 6.06. The highest BCUT2D eigenvalue weighted by Crippen LogP contribution is 2.41. The van der Waals surface area contributed by atoms with E-state index in [0.717, 1.165) is 32.1 Å². The van der Waals surface area contributed by atoms with Crippen molar-refractivity contribution in [3.8, 4) is 0 Å². The topological polar surface area (TPSA) is 60.9 Å². The molecule has 3 fully saturated rings. The third kappa shape index (κ3) is 2.56. The Hall–Kier alpha value is -1.10. The molecule has 0 radical (unpaired) electrons. The Morgan fingerprint density at radius 2 is 1.76 bits per heavy atom. The fraction of sp³-hybridized carbons (Fsp3) is 0.875. The van der Waals surface area contributed by atoms with Crippen LogP contribution in [0.25, 0.3) is 0 Å². The quantitative estimate of drug-likeness (QED) is 0.861. The van der Waals surface area contributed by atoms with Crippen molar-refractivity contribution >= 4 is 11.9 Å². The average molecular weight is 294 g/mol. The first-order valence-corrected chi connectivity index (χ1v) is 8.28. The van der Waals surface area contributed by atoms with Gasteiger partial charge in [0.1, 0.15) is 0 Å². The lowest BCUT2D eigenvalue weighted by Crippen LogP contribution is -2.52. The molecule has 1 N–H and O–H groups in total. The lowest BCUT2D eigenvalue weighted by Gasteiger charge is -2.40. The van der Waals surface area contributed by atoms with Gasteiger partial charge in [0.05, 0.1) is 12.5 Å². The van der Waals surface area contributed by atoms with E-state index >= 15 is 0 Å². The van der Waals surface area contributed by atoms with Gasteiger partial charge in [0.25, 0.3) is 0 Å². The van der Waals surface area contributed by atoms with Gasteiger partial charge in [-0.15, -0.1) is 0 Å². The fourth-order valence-corrected chi connectivity index (χ4v) is 4.76. The molecule has 1 amide bonds. The van der Waals surface area contributed by atoms with Gasteiger partial charge in [-0.2, -0.15) is 0 Å². The highest BCUT2D eigenvalue weighted by atomic mass is 16.4. The Balaban J connectivity index is 1.67. The van der Waals surface area contributed by atoms with Crippen molar-refractivity contribution in [2.75, 3.05) is 6.54 Å².